The van der Waals surface area contributed by atoms with Crippen molar-refractivity contribution in [3.8, 4) is 0 Å². The Balaban J connectivity index is 2.88. The molecule has 0 saturated heterocycles. The number of hydrogen-bond donors (Lipinski definition) is 2. The summed E-state index contributed by atoms with van der Waals surface area (Å²) >= 11 is 0. The van der Waals surface area contributed by atoms with Gasteiger partial charge in [0.25, 0.3) is 0 Å². The average Bonchev–Trinajstić information content (AvgIpc) is 2.01. The Morgan fingerprint density at radius 2 is 2.15 bits per heavy atom. The molecule has 1 aromatic rings. The number of rotatable bonds is 3. The third kappa shape index (κ3) is 3.03. The fourth-order valence-electron chi connectivity index (χ4n) is 1.26. The van der Waals surface area contributed by atoms with E-state index in [0.29, 0.717) is 12.6 Å². The van der Waals surface area contributed by atoms with Crippen LogP contribution in [0.2, 0.25) is 0 Å². The Morgan fingerprint density at radius 3 is 2.69 bits per heavy atom. The summed E-state index contributed by atoms with van der Waals surface area (Å²) in [7, 11) is 0. The molecule has 3 nitrogen and oxygen atoms in total. The van der Waals surface area contributed by atoms with Crippen LogP contribution in [-0.2, 0) is 6.54 Å². The molecule has 1 rings (SSSR count). The molecule has 0 amide bonds. The van der Waals surface area contributed by atoms with Gasteiger partial charge in [-0.2, -0.15) is 0 Å². The van der Waals surface area contributed by atoms with E-state index in [1.165, 1.54) is 0 Å². The summed E-state index contributed by atoms with van der Waals surface area (Å²) in [6.45, 7) is 6.69. The molecule has 3 heteroatoms. The molecule has 0 spiro atoms. The van der Waals surface area contributed by atoms with E-state index in [-0.39, 0.29) is 0 Å². The molecule has 0 radical (unpaired) electrons. The van der Waals surface area contributed by atoms with Crippen LogP contribution in [0.25, 0.3) is 0 Å². The Bertz CT molecular complexity index is 281. The maximum atomic E-state index is 5.53. The van der Waals surface area contributed by atoms with Crippen LogP contribution in [0.1, 0.15) is 25.2 Å². The zero-order valence-electron chi connectivity index (χ0n) is 8.46. The first-order chi connectivity index (χ1) is 6.11. The number of pyridine rings is 1. The van der Waals surface area contributed by atoms with Gasteiger partial charge in [-0.05, 0) is 32.9 Å². The third-order valence-electron chi connectivity index (χ3n) is 1.67. The minimum atomic E-state index is 0.437. The molecule has 0 aromatic carbocycles. The SMILES string of the molecule is Cc1cc(NC(C)C)cc(CN)n1. The van der Waals surface area contributed by atoms with E-state index in [9.17, 15) is 0 Å². The van der Waals surface area contributed by atoms with Gasteiger partial charge in [0, 0.05) is 24.0 Å². The van der Waals surface area contributed by atoms with E-state index in [0.717, 1.165) is 17.1 Å². The van der Waals surface area contributed by atoms with E-state index < -0.39 is 0 Å². The largest absolute Gasteiger partial charge is 0.383 e. The molecule has 72 valence electrons. The van der Waals surface area contributed by atoms with Crippen molar-refractivity contribution >= 4 is 5.69 Å². The molecular weight excluding hydrogens is 162 g/mol. The molecular formula is C10H17N3. The second kappa shape index (κ2) is 4.23. The van der Waals surface area contributed by atoms with Crippen molar-refractivity contribution in [2.24, 2.45) is 5.73 Å². The number of nitrogens with zero attached hydrogens (tertiary/aromatic N) is 1. The first-order valence-electron chi connectivity index (χ1n) is 4.56. The molecule has 1 aromatic heterocycles. The number of nitrogens with one attached hydrogen (secondary N) is 1. The highest BCUT2D eigenvalue weighted by molar-refractivity contribution is 5.45. The number of nitrogens with two attached hydrogens (primary N) is 1. The molecule has 0 bridgehead atoms. The molecule has 0 aliphatic rings. The van der Waals surface area contributed by atoms with Gasteiger partial charge >= 0.3 is 0 Å². The monoisotopic (exact) mass is 179 g/mol. The summed E-state index contributed by atoms with van der Waals surface area (Å²) in [6.07, 6.45) is 0. The average molecular weight is 179 g/mol. The maximum Gasteiger partial charge on any atom is 0.0563 e. The quantitative estimate of drug-likeness (QED) is 0.742. The summed E-state index contributed by atoms with van der Waals surface area (Å²) in [5.74, 6) is 0. The van der Waals surface area contributed by atoms with Crippen molar-refractivity contribution in [2.75, 3.05) is 5.32 Å². The van der Waals surface area contributed by atoms with Gasteiger partial charge in [-0.3, -0.25) is 4.98 Å². The highest BCUT2D eigenvalue weighted by Crippen LogP contribution is 2.11. The molecule has 0 aliphatic carbocycles. The fourth-order valence-corrected chi connectivity index (χ4v) is 1.26. The van der Waals surface area contributed by atoms with Crippen molar-refractivity contribution in [2.45, 2.75) is 33.4 Å². The Kier molecular flexibility index (Phi) is 3.25. The van der Waals surface area contributed by atoms with Gasteiger partial charge in [0.15, 0.2) is 0 Å². The Morgan fingerprint density at radius 1 is 1.46 bits per heavy atom. The molecule has 3 N–H and O–H groups in total. The van der Waals surface area contributed by atoms with E-state index in [4.69, 9.17) is 5.73 Å². The summed E-state index contributed by atoms with van der Waals surface area (Å²) in [6, 6.07) is 4.46. The molecule has 0 fully saturated rings. The van der Waals surface area contributed by atoms with E-state index in [1.54, 1.807) is 0 Å². The zero-order valence-corrected chi connectivity index (χ0v) is 8.46. The lowest BCUT2D eigenvalue weighted by atomic mass is 10.2. The van der Waals surface area contributed by atoms with E-state index in [1.807, 2.05) is 19.1 Å². The molecule has 0 aliphatic heterocycles. The molecule has 13 heavy (non-hydrogen) atoms. The smallest absolute Gasteiger partial charge is 0.0563 e. The topological polar surface area (TPSA) is 50.9 Å². The molecule has 0 saturated carbocycles. The van der Waals surface area contributed by atoms with Gasteiger partial charge in [0.1, 0.15) is 0 Å². The van der Waals surface area contributed by atoms with Crippen molar-refractivity contribution in [1.82, 2.24) is 4.98 Å². The second-order valence-electron chi connectivity index (χ2n) is 3.49. The van der Waals surface area contributed by atoms with Gasteiger partial charge in [0.2, 0.25) is 0 Å². The van der Waals surface area contributed by atoms with E-state index >= 15 is 0 Å². The first kappa shape index (κ1) is 9.99. The van der Waals surface area contributed by atoms with Gasteiger partial charge in [-0.1, -0.05) is 0 Å². The van der Waals surface area contributed by atoms with Gasteiger partial charge in [-0.25, -0.2) is 0 Å². The summed E-state index contributed by atoms with van der Waals surface area (Å²) in [4.78, 5) is 4.29. The highest BCUT2D eigenvalue weighted by atomic mass is 14.9. The Labute approximate surface area is 79.4 Å². The lowest BCUT2D eigenvalue weighted by Crippen LogP contribution is -2.11. The van der Waals surface area contributed by atoms with Crippen LogP contribution in [0.15, 0.2) is 12.1 Å². The molecule has 0 unspecified atom stereocenters. The molecule has 1 heterocycles. The van der Waals surface area contributed by atoms with Gasteiger partial charge < -0.3 is 11.1 Å². The van der Waals surface area contributed by atoms with Gasteiger partial charge in [0.05, 0.1) is 5.69 Å². The standard InChI is InChI=1S/C10H17N3/c1-7(2)12-9-4-8(3)13-10(5-9)6-11/h4-5,7H,6,11H2,1-3H3,(H,12,13). The van der Waals surface area contributed by atoms with Crippen LogP contribution in [0.3, 0.4) is 0 Å². The van der Waals surface area contributed by atoms with Crippen LogP contribution in [0, 0.1) is 6.92 Å². The summed E-state index contributed by atoms with van der Waals surface area (Å²) in [5, 5.41) is 3.32. The maximum absolute atomic E-state index is 5.53. The second-order valence-corrected chi connectivity index (χ2v) is 3.49. The van der Waals surface area contributed by atoms with Crippen LogP contribution >= 0.6 is 0 Å². The van der Waals surface area contributed by atoms with E-state index in [2.05, 4.69) is 24.1 Å². The van der Waals surface area contributed by atoms with Crippen molar-refractivity contribution in [1.29, 1.82) is 0 Å². The van der Waals surface area contributed by atoms with Crippen molar-refractivity contribution in [3.63, 3.8) is 0 Å². The lowest BCUT2D eigenvalue weighted by molar-refractivity contribution is 0.892. The minimum absolute atomic E-state index is 0.437. The predicted molar refractivity (Wildman–Crippen MR) is 55.6 cm³/mol. The number of anilines is 1. The number of aromatic nitrogens is 1. The van der Waals surface area contributed by atoms with Crippen LogP contribution in [-0.4, -0.2) is 11.0 Å². The normalized spacial score (nSPS) is 10.5. The lowest BCUT2D eigenvalue weighted by Gasteiger charge is -2.11. The minimum Gasteiger partial charge on any atom is -0.383 e. The predicted octanol–water partition coefficient (Wildman–Crippen LogP) is 1.67. The van der Waals surface area contributed by atoms with Crippen LogP contribution in [0.4, 0.5) is 5.69 Å². The first-order valence-corrected chi connectivity index (χ1v) is 4.56. The Hall–Kier alpha value is -1.09. The fraction of sp³-hybridized carbons (Fsp3) is 0.500. The zero-order chi connectivity index (χ0) is 9.84. The highest BCUT2D eigenvalue weighted by Gasteiger charge is 1.99. The molecule has 0 atom stereocenters. The summed E-state index contributed by atoms with van der Waals surface area (Å²) in [5.41, 5.74) is 8.57. The van der Waals surface area contributed by atoms with Crippen LogP contribution in [0.5, 0.6) is 0 Å². The summed E-state index contributed by atoms with van der Waals surface area (Å²) < 4.78 is 0. The van der Waals surface area contributed by atoms with Crippen molar-refractivity contribution < 1.29 is 0 Å². The third-order valence-corrected chi connectivity index (χ3v) is 1.67. The van der Waals surface area contributed by atoms with Crippen LogP contribution < -0.4 is 11.1 Å². The van der Waals surface area contributed by atoms with Crippen molar-refractivity contribution in [3.05, 3.63) is 23.5 Å². The number of hydrogen-bond acceptors (Lipinski definition) is 3. The van der Waals surface area contributed by atoms with Gasteiger partial charge in [-0.15, -0.1) is 0 Å². The number of aryl methyl sites for hydroxylation is 1.